The molecule has 2 bridgehead atoms. The third-order valence-corrected chi connectivity index (χ3v) is 13.3. The monoisotopic (exact) mass is 704 g/mol. The van der Waals surface area contributed by atoms with Crippen LogP contribution in [0, 0.1) is 39.7 Å². The highest BCUT2D eigenvalue weighted by molar-refractivity contribution is 8.00. The SMILES string of the molecule is O=C(COc1ccc([C@H]2c3sc(=O)[nH]c3SC3C4CC(C5C(=O)N(c6ccc([N+](=O)[O-])cc6)C(=O)C45)C32)cc1)Nc1cccc2ccccc12. The molecular weight excluding hydrogens is 677 g/mol. The number of benzene rings is 4. The van der Waals surface area contributed by atoms with Gasteiger partial charge in [-0.3, -0.25) is 34.2 Å². The number of imide groups is 1. The molecule has 2 aliphatic carbocycles. The normalized spacial score (nSPS) is 26.1. The van der Waals surface area contributed by atoms with Crippen molar-refractivity contribution in [2.75, 3.05) is 16.8 Å². The van der Waals surface area contributed by atoms with E-state index in [1.54, 1.807) is 11.8 Å². The van der Waals surface area contributed by atoms with Crippen molar-refractivity contribution in [3.8, 4) is 5.75 Å². The first-order chi connectivity index (χ1) is 24.3. The van der Waals surface area contributed by atoms with Gasteiger partial charge in [-0.25, -0.2) is 0 Å². The number of carbonyl (C=O) groups is 3. The summed E-state index contributed by atoms with van der Waals surface area (Å²) in [5.41, 5.74) is 1.91. The van der Waals surface area contributed by atoms with Crippen molar-refractivity contribution < 1.29 is 24.0 Å². The molecule has 250 valence electrons. The van der Waals surface area contributed by atoms with Gasteiger partial charge in [0.1, 0.15) is 5.75 Å². The van der Waals surface area contributed by atoms with Crippen molar-refractivity contribution in [1.82, 2.24) is 4.98 Å². The lowest BCUT2D eigenvalue weighted by atomic mass is 9.68. The van der Waals surface area contributed by atoms with Crippen molar-refractivity contribution in [3.63, 3.8) is 0 Å². The molecule has 2 saturated carbocycles. The molecule has 0 radical (unpaired) electrons. The number of nitro benzene ring substituents is 1. The molecule has 13 heteroatoms. The predicted molar refractivity (Wildman–Crippen MR) is 189 cm³/mol. The molecule has 2 N–H and O–H groups in total. The third kappa shape index (κ3) is 4.78. The second-order valence-corrected chi connectivity index (χ2v) is 15.4. The van der Waals surface area contributed by atoms with E-state index in [1.807, 2.05) is 66.7 Å². The van der Waals surface area contributed by atoms with Crippen molar-refractivity contribution in [2.45, 2.75) is 22.6 Å². The number of aromatic nitrogens is 1. The summed E-state index contributed by atoms with van der Waals surface area (Å²) in [4.78, 5) is 69.0. The number of thiazole rings is 1. The maximum Gasteiger partial charge on any atom is 0.305 e. The number of anilines is 2. The number of carbonyl (C=O) groups excluding carboxylic acids is 3. The van der Waals surface area contributed by atoms with Gasteiger partial charge in [-0.1, -0.05) is 59.9 Å². The Labute approximate surface area is 292 Å². The van der Waals surface area contributed by atoms with E-state index in [0.717, 1.165) is 32.7 Å². The number of fused-ring (bicyclic) bond motifs is 10. The van der Waals surface area contributed by atoms with Gasteiger partial charge in [0, 0.05) is 39.3 Å². The average molecular weight is 705 g/mol. The smallest absolute Gasteiger partial charge is 0.305 e. The van der Waals surface area contributed by atoms with Crippen molar-refractivity contribution in [3.05, 3.63) is 121 Å². The zero-order valence-electron chi connectivity index (χ0n) is 26.2. The largest absolute Gasteiger partial charge is 0.484 e. The van der Waals surface area contributed by atoms with Gasteiger partial charge < -0.3 is 15.0 Å². The van der Waals surface area contributed by atoms with Crippen molar-refractivity contribution in [1.29, 1.82) is 0 Å². The van der Waals surface area contributed by atoms with Gasteiger partial charge >= 0.3 is 4.87 Å². The molecule has 0 spiro atoms. The summed E-state index contributed by atoms with van der Waals surface area (Å²) in [6, 6.07) is 26.6. The Bertz CT molecular complexity index is 2280. The third-order valence-electron chi connectivity index (χ3n) is 10.7. The number of hydrogen-bond donors (Lipinski definition) is 2. The van der Waals surface area contributed by atoms with Gasteiger partial charge in [0.15, 0.2) is 6.61 Å². The number of hydrogen-bond acceptors (Lipinski definition) is 9. The Hall–Kier alpha value is -5.27. The maximum absolute atomic E-state index is 14.0. The van der Waals surface area contributed by atoms with Crippen LogP contribution in [0.15, 0.2) is 101 Å². The van der Waals surface area contributed by atoms with E-state index in [9.17, 15) is 29.3 Å². The van der Waals surface area contributed by atoms with Crippen LogP contribution in [0.2, 0.25) is 0 Å². The van der Waals surface area contributed by atoms with Crippen LogP contribution in [0.3, 0.4) is 0 Å². The Balaban J connectivity index is 0.961. The highest BCUT2D eigenvalue weighted by atomic mass is 32.2. The van der Waals surface area contributed by atoms with Crippen LogP contribution in [0.1, 0.15) is 22.8 Å². The number of amides is 3. The molecule has 1 aromatic heterocycles. The molecule has 4 aromatic carbocycles. The van der Waals surface area contributed by atoms with Crippen LogP contribution in [0.5, 0.6) is 5.75 Å². The van der Waals surface area contributed by atoms with E-state index < -0.39 is 16.8 Å². The number of non-ortho nitro benzene ring substituents is 1. The van der Waals surface area contributed by atoms with Crippen LogP contribution < -0.4 is 19.8 Å². The average Bonchev–Trinajstić information content (AvgIpc) is 3.86. The number of aromatic amines is 1. The molecule has 1 saturated heterocycles. The molecule has 11 nitrogen and oxygen atoms in total. The van der Waals surface area contributed by atoms with Crippen LogP contribution in [0.25, 0.3) is 10.8 Å². The topological polar surface area (TPSA) is 152 Å². The minimum atomic E-state index is -0.514. The van der Waals surface area contributed by atoms with Gasteiger partial charge in [0.05, 0.1) is 27.5 Å². The Morgan fingerprint density at radius 1 is 0.920 bits per heavy atom. The Kier molecular flexibility index (Phi) is 7.18. The summed E-state index contributed by atoms with van der Waals surface area (Å²) in [6.45, 7) is -0.175. The lowest BCUT2D eigenvalue weighted by molar-refractivity contribution is -0.384. The first-order valence-corrected chi connectivity index (χ1v) is 18.0. The highest BCUT2D eigenvalue weighted by Gasteiger charge is 2.69. The molecule has 4 aliphatic rings. The van der Waals surface area contributed by atoms with Crippen molar-refractivity contribution in [2.24, 2.45) is 29.6 Å². The number of nitro groups is 1. The number of ether oxygens (including phenoxy) is 1. The van der Waals surface area contributed by atoms with Gasteiger partial charge in [0.25, 0.3) is 11.6 Å². The van der Waals surface area contributed by atoms with Crippen molar-refractivity contribution >= 4 is 68.7 Å². The second-order valence-electron chi connectivity index (χ2n) is 13.2. The van der Waals surface area contributed by atoms with Gasteiger partial charge in [-0.15, -0.1) is 11.8 Å². The molecule has 6 unspecified atom stereocenters. The Morgan fingerprint density at radius 3 is 2.40 bits per heavy atom. The maximum atomic E-state index is 14.0. The van der Waals surface area contributed by atoms with Gasteiger partial charge in [0.2, 0.25) is 11.8 Å². The van der Waals surface area contributed by atoms with E-state index >= 15 is 0 Å². The summed E-state index contributed by atoms with van der Waals surface area (Å²) in [6.07, 6.45) is 0.742. The number of nitrogens with one attached hydrogen (secondary N) is 2. The number of nitrogens with zero attached hydrogens (tertiary/aromatic N) is 2. The second kappa shape index (κ2) is 11.7. The lowest BCUT2D eigenvalue weighted by Crippen LogP contribution is -2.42. The van der Waals surface area contributed by atoms with E-state index in [1.165, 1.54) is 40.5 Å². The molecular formula is C37H28N4O7S2. The molecule has 3 amide bonds. The molecule has 3 fully saturated rings. The first-order valence-electron chi connectivity index (χ1n) is 16.3. The van der Waals surface area contributed by atoms with Crippen LogP contribution in [0.4, 0.5) is 17.1 Å². The minimum absolute atomic E-state index is 0.0111. The fraction of sp³-hybridized carbons (Fsp3) is 0.243. The summed E-state index contributed by atoms with van der Waals surface area (Å²) in [5.74, 6) is -1.54. The molecule has 7 atom stereocenters. The van der Waals surface area contributed by atoms with Gasteiger partial charge in [-0.2, -0.15) is 0 Å². The number of rotatable bonds is 7. The van der Waals surface area contributed by atoms with Crippen LogP contribution in [-0.2, 0) is 14.4 Å². The summed E-state index contributed by atoms with van der Waals surface area (Å²) < 4.78 is 5.87. The lowest BCUT2D eigenvalue weighted by Gasteiger charge is -2.43. The first kappa shape index (κ1) is 30.8. The summed E-state index contributed by atoms with van der Waals surface area (Å²) in [5, 5.41) is 16.9. The van der Waals surface area contributed by atoms with Gasteiger partial charge in [-0.05, 0) is 65.5 Å². The zero-order chi connectivity index (χ0) is 34.3. The molecule has 9 rings (SSSR count). The fourth-order valence-electron chi connectivity index (χ4n) is 8.81. The van der Waals surface area contributed by atoms with E-state index in [0.29, 0.717) is 17.1 Å². The summed E-state index contributed by atoms with van der Waals surface area (Å²) in [7, 11) is 0. The quantitative estimate of drug-likeness (QED) is 0.116. The number of H-pyrrole nitrogens is 1. The van der Waals surface area contributed by atoms with E-state index in [2.05, 4.69) is 10.3 Å². The number of thioether (sulfide) groups is 1. The molecule has 2 aliphatic heterocycles. The van der Waals surface area contributed by atoms with E-state index in [4.69, 9.17) is 4.74 Å². The molecule has 3 heterocycles. The van der Waals surface area contributed by atoms with Crippen LogP contribution >= 0.6 is 23.1 Å². The molecule has 5 aromatic rings. The minimum Gasteiger partial charge on any atom is -0.484 e. The fourth-order valence-corrected chi connectivity index (χ4v) is 11.7. The standard InChI is InChI=1S/C37H28N4O7S2/c42-27(38-26-7-3-5-18-4-1-2-6-23(18)26)17-48-22-14-8-19(9-15-22)28-29-24-16-25(32(29)49-34-33(28)50-37(45)39-34)31-30(24)35(43)40(36(31)44)20-10-12-21(13-11-20)41(46)47/h1-15,24-25,28-32H,16-17H2,(H,38,42)(H,39,45)/t24?,25?,28-,29?,30?,31?,32?/m1/s1. The highest BCUT2D eigenvalue weighted by Crippen LogP contribution is 2.68. The zero-order valence-corrected chi connectivity index (χ0v) is 27.8. The predicted octanol–water partition coefficient (Wildman–Crippen LogP) is 6.19. The van der Waals surface area contributed by atoms with Crippen LogP contribution in [-0.4, -0.2) is 39.5 Å². The Morgan fingerprint density at radius 2 is 1.64 bits per heavy atom. The molecule has 50 heavy (non-hydrogen) atoms. The van der Waals surface area contributed by atoms with E-state index in [-0.39, 0.29) is 63.8 Å². The summed E-state index contributed by atoms with van der Waals surface area (Å²) >= 11 is 2.79.